The first-order valence-electron chi connectivity index (χ1n) is 10.2. The lowest BCUT2D eigenvalue weighted by molar-refractivity contribution is -0.125. The molecule has 1 aliphatic carbocycles. The lowest BCUT2D eigenvalue weighted by Crippen LogP contribution is -2.43. The summed E-state index contributed by atoms with van der Waals surface area (Å²) >= 11 is 0. The van der Waals surface area contributed by atoms with Gasteiger partial charge in [-0.25, -0.2) is 4.79 Å². The average molecular weight is 417 g/mol. The van der Waals surface area contributed by atoms with E-state index in [0.29, 0.717) is 17.0 Å². The van der Waals surface area contributed by atoms with Gasteiger partial charge in [0, 0.05) is 16.6 Å². The van der Waals surface area contributed by atoms with E-state index < -0.39 is 24.4 Å². The summed E-state index contributed by atoms with van der Waals surface area (Å²) < 4.78 is 5.31. The normalized spacial score (nSPS) is 15.1. The lowest BCUT2D eigenvalue weighted by atomic mass is 9.84. The Morgan fingerprint density at radius 2 is 1.77 bits per heavy atom. The topological polar surface area (TPSA) is 97.4 Å². The number of hydrogen-bond donors (Lipinski definition) is 2. The van der Waals surface area contributed by atoms with Crippen LogP contribution >= 0.6 is 0 Å². The van der Waals surface area contributed by atoms with E-state index in [1.165, 1.54) is 0 Å². The number of rotatable bonds is 4. The number of carbonyl (C=O) groups is 3. The minimum Gasteiger partial charge on any atom is -0.452 e. The number of amides is 2. The minimum absolute atomic E-state index is 0.406. The van der Waals surface area contributed by atoms with Crippen LogP contribution in [0.25, 0.3) is 10.9 Å². The summed E-state index contributed by atoms with van der Waals surface area (Å²) in [7, 11) is 0. The molecule has 158 valence electrons. The number of nitrogens with one attached hydrogen (secondary N) is 2. The molecule has 0 saturated carbocycles. The van der Waals surface area contributed by atoms with Crippen LogP contribution in [-0.4, -0.2) is 29.4 Å². The van der Waals surface area contributed by atoms with Gasteiger partial charge in [0.25, 0.3) is 11.8 Å². The van der Waals surface area contributed by atoms with Crippen LogP contribution in [0.5, 0.6) is 0 Å². The third-order valence-corrected chi connectivity index (χ3v) is 5.40. The fraction of sp³-hybridized carbons (Fsp3) is 0.250. The summed E-state index contributed by atoms with van der Waals surface area (Å²) in [5.74, 6) is -1.20. The summed E-state index contributed by atoms with van der Waals surface area (Å²) in [6.07, 6.45) is 2.58. The maximum absolute atomic E-state index is 13.0. The van der Waals surface area contributed by atoms with Gasteiger partial charge in [-0.1, -0.05) is 43.3 Å². The van der Waals surface area contributed by atoms with Gasteiger partial charge >= 0.3 is 5.97 Å². The summed E-state index contributed by atoms with van der Waals surface area (Å²) in [6, 6.07) is 15.9. The Morgan fingerprint density at radius 1 is 1.03 bits per heavy atom. The summed E-state index contributed by atoms with van der Waals surface area (Å²) in [5, 5.41) is 0.720. The first kappa shape index (κ1) is 20.5. The Bertz CT molecular complexity index is 1140. The van der Waals surface area contributed by atoms with E-state index in [-0.39, 0.29) is 0 Å². The minimum atomic E-state index is -0.627. The predicted octanol–water partition coefficient (Wildman–Crippen LogP) is 2.98. The number of para-hydroxylation sites is 1. The predicted molar refractivity (Wildman–Crippen MR) is 115 cm³/mol. The number of pyridine rings is 1. The number of ether oxygens (including phenoxy) is 1. The largest absolute Gasteiger partial charge is 0.452 e. The molecule has 7 heteroatoms. The molecule has 3 aromatic rings. The summed E-state index contributed by atoms with van der Waals surface area (Å²) in [4.78, 5) is 41.8. The van der Waals surface area contributed by atoms with E-state index in [2.05, 4.69) is 17.8 Å². The molecule has 1 aliphatic rings. The molecule has 1 heterocycles. The number of aromatic nitrogens is 1. The first-order valence-corrected chi connectivity index (χ1v) is 10.2. The van der Waals surface area contributed by atoms with E-state index in [4.69, 9.17) is 9.72 Å². The maximum atomic E-state index is 13.0. The van der Waals surface area contributed by atoms with Gasteiger partial charge in [-0.05, 0) is 48.9 Å². The summed E-state index contributed by atoms with van der Waals surface area (Å²) in [6.45, 7) is 1.64. The highest BCUT2D eigenvalue weighted by Gasteiger charge is 2.26. The second kappa shape index (κ2) is 8.95. The lowest BCUT2D eigenvalue weighted by Gasteiger charge is -2.24. The van der Waals surface area contributed by atoms with Crippen molar-refractivity contribution in [2.45, 2.75) is 26.2 Å². The molecule has 0 fully saturated rings. The van der Waals surface area contributed by atoms with Crippen LogP contribution in [0, 0.1) is 5.92 Å². The van der Waals surface area contributed by atoms with Crippen molar-refractivity contribution in [3.05, 3.63) is 77.0 Å². The van der Waals surface area contributed by atoms with E-state index in [1.807, 2.05) is 24.3 Å². The highest BCUT2D eigenvalue weighted by atomic mass is 16.5. The van der Waals surface area contributed by atoms with Crippen molar-refractivity contribution in [3.63, 3.8) is 0 Å². The number of hydrazine groups is 1. The van der Waals surface area contributed by atoms with Gasteiger partial charge < -0.3 is 4.74 Å². The number of benzene rings is 2. The molecule has 2 N–H and O–H groups in total. The van der Waals surface area contributed by atoms with Crippen molar-refractivity contribution in [1.82, 2.24) is 15.8 Å². The van der Waals surface area contributed by atoms with Crippen LogP contribution < -0.4 is 10.9 Å². The smallest absolute Gasteiger partial charge is 0.339 e. The zero-order chi connectivity index (χ0) is 21.8. The highest BCUT2D eigenvalue weighted by molar-refractivity contribution is 6.05. The number of nitrogens with zero attached hydrogens (tertiary/aromatic N) is 1. The van der Waals surface area contributed by atoms with Gasteiger partial charge in [0.15, 0.2) is 6.61 Å². The Kier molecular flexibility index (Phi) is 5.93. The molecule has 0 bridgehead atoms. The fourth-order valence-corrected chi connectivity index (χ4v) is 3.82. The molecule has 0 saturated heterocycles. The number of hydrogen-bond acceptors (Lipinski definition) is 5. The van der Waals surface area contributed by atoms with Crippen LogP contribution in [0.2, 0.25) is 0 Å². The van der Waals surface area contributed by atoms with Gasteiger partial charge in [-0.15, -0.1) is 0 Å². The molecule has 1 atom stereocenters. The van der Waals surface area contributed by atoms with Gasteiger partial charge in [0.1, 0.15) is 0 Å². The number of fused-ring (bicyclic) bond motifs is 2. The monoisotopic (exact) mass is 417 g/mol. The quantitative estimate of drug-likeness (QED) is 0.502. The van der Waals surface area contributed by atoms with Crippen molar-refractivity contribution in [1.29, 1.82) is 0 Å². The third kappa shape index (κ3) is 4.55. The van der Waals surface area contributed by atoms with Gasteiger partial charge in [-0.2, -0.15) is 0 Å². The van der Waals surface area contributed by atoms with E-state index in [1.54, 1.807) is 30.3 Å². The van der Waals surface area contributed by atoms with Crippen molar-refractivity contribution < 1.29 is 19.1 Å². The van der Waals surface area contributed by atoms with E-state index >= 15 is 0 Å². The third-order valence-electron chi connectivity index (χ3n) is 5.40. The van der Waals surface area contributed by atoms with Crippen LogP contribution in [0.4, 0.5) is 0 Å². The van der Waals surface area contributed by atoms with Gasteiger partial charge in [0.05, 0.1) is 11.1 Å². The SMILES string of the molecule is C[C@@H]1CCc2nc3ccccc3c(C(=O)OCC(=O)NNC(=O)c3ccccc3)c2C1. The van der Waals surface area contributed by atoms with Crippen molar-refractivity contribution in [2.75, 3.05) is 6.61 Å². The molecule has 4 rings (SSSR count). The molecular weight excluding hydrogens is 394 g/mol. The summed E-state index contributed by atoms with van der Waals surface area (Å²) in [5.41, 5.74) is 8.02. The maximum Gasteiger partial charge on any atom is 0.339 e. The molecule has 0 spiro atoms. The van der Waals surface area contributed by atoms with Gasteiger partial charge in [0.2, 0.25) is 0 Å². The van der Waals surface area contributed by atoms with Crippen LogP contribution in [0.3, 0.4) is 0 Å². The second-order valence-corrected chi connectivity index (χ2v) is 7.72. The molecule has 2 amide bonds. The van der Waals surface area contributed by atoms with Gasteiger partial charge in [-0.3, -0.25) is 25.4 Å². The molecule has 0 radical (unpaired) electrons. The molecule has 31 heavy (non-hydrogen) atoms. The fourth-order valence-electron chi connectivity index (χ4n) is 3.82. The second-order valence-electron chi connectivity index (χ2n) is 7.72. The molecular formula is C24H23N3O4. The van der Waals surface area contributed by atoms with Crippen LogP contribution in [0.1, 0.15) is 45.3 Å². The Labute approximate surface area is 179 Å². The number of carbonyl (C=O) groups excluding carboxylic acids is 3. The Morgan fingerprint density at radius 3 is 2.58 bits per heavy atom. The standard InChI is InChI=1S/C24H23N3O4/c1-15-11-12-20-18(13-15)22(17-9-5-6-10-19(17)25-20)24(30)31-14-21(28)26-27-23(29)16-7-3-2-4-8-16/h2-10,15H,11-14H2,1H3,(H,26,28)(H,27,29)/t15-/m1/s1. The van der Waals surface area contributed by atoms with Crippen LogP contribution in [-0.2, 0) is 22.4 Å². The Balaban J connectivity index is 1.45. The first-order chi connectivity index (χ1) is 15.0. The Hall–Kier alpha value is -3.74. The molecule has 0 aliphatic heterocycles. The van der Waals surface area contributed by atoms with Crippen molar-refractivity contribution >= 4 is 28.7 Å². The van der Waals surface area contributed by atoms with E-state index in [0.717, 1.165) is 41.4 Å². The average Bonchev–Trinajstić information content (AvgIpc) is 2.80. The zero-order valence-corrected chi connectivity index (χ0v) is 17.2. The van der Waals surface area contributed by atoms with Crippen molar-refractivity contribution in [2.24, 2.45) is 5.92 Å². The van der Waals surface area contributed by atoms with Crippen LogP contribution in [0.15, 0.2) is 54.6 Å². The molecule has 7 nitrogen and oxygen atoms in total. The highest BCUT2D eigenvalue weighted by Crippen LogP contribution is 2.31. The number of esters is 1. The van der Waals surface area contributed by atoms with E-state index in [9.17, 15) is 14.4 Å². The molecule has 2 aromatic carbocycles. The number of aryl methyl sites for hydroxylation is 1. The van der Waals surface area contributed by atoms with Crippen molar-refractivity contribution in [3.8, 4) is 0 Å². The molecule has 1 aromatic heterocycles. The zero-order valence-electron chi connectivity index (χ0n) is 17.2. The molecule has 0 unspecified atom stereocenters.